The fourth-order valence-electron chi connectivity index (χ4n) is 3.95. The highest BCUT2D eigenvalue weighted by Gasteiger charge is 2.21. The minimum Gasteiger partial charge on any atom is -0.494 e. The third-order valence-electron chi connectivity index (χ3n) is 5.46. The second-order valence-corrected chi connectivity index (χ2v) is 7.61. The summed E-state index contributed by atoms with van der Waals surface area (Å²) in [5, 5.41) is 8.96. The van der Waals surface area contributed by atoms with E-state index in [9.17, 15) is 0 Å². The lowest BCUT2D eigenvalue weighted by Gasteiger charge is -2.11. The molecule has 4 heterocycles. The number of aromatic nitrogens is 6. The van der Waals surface area contributed by atoms with Crippen molar-refractivity contribution in [3.63, 3.8) is 0 Å². The molecule has 5 aromatic rings. The number of fused-ring (bicyclic) bond motifs is 1. The molecule has 4 aromatic heterocycles. The molecule has 0 amide bonds. The van der Waals surface area contributed by atoms with Gasteiger partial charge in [-0.15, -0.1) is 0 Å². The fraction of sp³-hybridized carbons (Fsp3) is 0.167. The van der Waals surface area contributed by atoms with Crippen LogP contribution < -0.4 is 4.74 Å². The predicted octanol–water partition coefficient (Wildman–Crippen LogP) is 4.72. The zero-order chi connectivity index (χ0) is 22.4. The normalized spacial score (nSPS) is 11.3. The number of pyridine rings is 1. The van der Waals surface area contributed by atoms with E-state index in [1.165, 1.54) is 7.11 Å². The lowest BCUT2D eigenvalue weighted by molar-refractivity contribution is 0.387. The zero-order valence-electron chi connectivity index (χ0n) is 18.2. The van der Waals surface area contributed by atoms with Crippen molar-refractivity contribution in [1.29, 1.82) is 0 Å². The maximum atomic E-state index is 15.1. The number of halogens is 1. The van der Waals surface area contributed by atoms with Gasteiger partial charge in [-0.05, 0) is 56.7 Å². The molecule has 0 aliphatic heterocycles. The second-order valence-electron chi connectivity index (χ2n) is 7.61. The number of methoxy groups -OCH3 is 1. The van der Waals surface area contributed by atoms with Crippen molar-refractivity contribution in [1.82, 2.24) is 29.4 Å². The molecule has 0 bridgehead atoms. The van der Waals surface area contributed by atoms with Gasteiger partial charge < -0.3 is 4.74 Å². The highest BCUT2D eigenvalue weighted by molar-refractivity contribution is 5.83. The number of aryl methyl sites for hydroxylation is 3. The number of benzene rings is 1. The van der Waals surface area contributed by atoms with Crippen LogP contribution in [0.1, 0.15) is 17.0 Å². The van der Waals surface area contributed by atoms with Crippen molar-refractivity contribution >= 4 is 5.65 Å². The number of hydrogen-bond acceptors (Lipinski definition) is 5. The smallest absolute Gasteiger partial charge is 0.174 e. The van der Waals surface area contributed by atoms with E-state index in [4.69, 9.17) is 14.8 Å². The first-order valence-corrected chi connectivity index (χ1v) is 10.1. The molecule has 0 N–H and O–H groups in total. The topological polar surface area (TPSA) is 70.1 Å². The summed E-state index contributed by atoms with van der Waals surface area (Å²) in [6.45, 7) is 5.83. The summed E-state index contributed by atoms with van der Waals surface area (Å²) in [5.74, 6) is 0.482. The highest BCUT2D eigenvalue weighted by atomic mass is 19.1. The van der Waals surface area contributed by atoms with E-state index in [1.54, 1.807) is 33.6 Å². The molecule has 0 fully saturated rings. The summed E-state index contributed by atoms with van der Waals surface area (Å²) in [4.78, 5) is 9.33. The van der Waals surface area contributed by atoms with Gasteiger partial charge in [0.05, 0.1) is 24.1 Å². The molecule has 5 rings (SSSR count). The van der Waals surface area contributed by atoms with Crippen molar-refractivity contribution in [2.75, 3.05) is 7.11 Å². The first kappa shape index (κ1) is 19.9. The van der Waals surface area contributed by atoms with Gasteiger partial charge >= 0.3 is 0 Å². The van der Waals surface area contributed by atoms with E-state index < -0.39 is 5.82 Å². The Balaban J connectivity index is 1.73. The molecule has 8 heteroatoms. The van der Waals surface area contributed by atoms with Gasteiger partial charge in [0.1, 0.15) is 0 Å². The summed E-state index contributed by atoms with van der Waals surface area (Å²) >= 11 is 0. The van der Waals surface area contributed by atoms with E-state index in [2.05, 4.69) is 10.1 Å². The van der Waals surface area contributed by atoms with Crippen LogP contribution in [0, 0.1) is 26.6 Å². The van der Waals surface area contributed by atoms with Crippen LogP contribution in [0.2, 0.25) is 0 Å². The van der Waals surface area contributed by atoms with Gasteiger partial charge in [-0.1, -0.05) is 6.07 Å². The predicted molar refractivity (Wildman–Crippen MR) is 119 cm³/mol. The third-order valence-corrected chi connectivity index (χ3v) is 5.46. The van der Waals surface area contributed by atoms with Crippen LogP contribution >= 0.6 is 0 Å². The largest absolute Gasteiger partial charge is 0.494 e. The quantitative estimate of drug-likeness (QED) is 0.414. The number of nitrogens with zero attached hydrogens (tertiary/aromatic N) is 6. The molecule has 0 saturated carbocycles. The van der Waals surface area contributed by atoms with Gasteiger partial charge in [-0.2, -0.15) is 10.2 Å². The Kier molecular flexibility index (Phi) is 4.70. The fourth-order valence-corrected chi connectivity index (χ4v) is 3.95. The summed E-state index contributed by atoms with van der Waals surface area (Å²) < 4.78 is 23.7. The van der Waals surface area contributed by atoms with Gasteiger partial charge in [-0.3, -0.25) is 0 Å². The van der Waals surface area contributed by atoms with Crippen LogP contribution in [0.4, 0.5) is 4.39 Å². The van der Waals surface area contributed by atoms with Gasteiger partial charge in [-0.25, -0.2) is 23.6 Å². The number of rotatable bonds is 4. The minimum atomic E-state index is -0.432. The molecule has 0 saturated heterocycles. The van der Waals surface area contributed by atoms with E-state index >= 15 is 4.39 Å². The first-order chi connectivity index (χ1) is 15.5. The van der Waals surface area contributed by atoms with Crippen molar-refractivity contribution in [3.8, 4) is 34.0 Å². The van der Waals surface area contributed by atoms with Gasteiger partial charge in [0.25, 0.3) is 0 Å². The van der Waals surface area contributed by atoms with Gasteiger partial charge in [0.2, 0.25) is 0 Å². The molecule has 0 unspecified atom stereocenters. The molecule has 0 aliphatic rings. The van der Waals surface area contributed by atoms with E-state index in [-0.39, 0.29) is 5.75 Å². The standard InChI is InChI=1S/C24H21FN6O/c1-14-11-21(30-10-6-9-27-30)26-13-18(14)22-16(3)29-31-19(12-15(2)28-24(22)31)17-7-5-8-20(32-4)23(17)25/h5-13H,1-4H3. The van der Waals surface area contributed by atoms with Gasteiger partial charge in [0, 0.05) is 35.4 Å². The molecule has 0 aliphatic carbocycles. The van der Waals surface area contributed by atoms with Crippen molar-refractivity contribution in [3.05, 3.63) is 77.8 Å². The number of hydrogen-bond donors (Lipinski definition) is 0. The van der Waals surface area contributed by atoms with Crippen LogP contribution in [0.5, 0.6) is 5.75 Å². The Morgan fingerprint density at radius 1 is 1.03 bits per heavy atom. The van der Waals surface area contributed by atoms with Crippen molar-refractivity contribution in [2.45, 2.75) is 20.8 Å². The van der Waals surface area contributed by atoms with Crippen molar-refractivity contribution < 1.29 is 9.13 Å². The average Bonchev–Trinajstić information content (AvgIpc) is 3.42. The molecular weight excluding hydrogens is 407 g/mol. The molecule has 0 atom stereocenters. The Bertz CT molecular complexity index is 1460. The molecule has 1 aromatic carbocycles. The lowest BCUT2D eigenvalue weighted by Crippen LogP contribution is -2.01. The summed E-state index contributed by atoms with van der Waals surface area (Å²) in [5.41, 5.74) is 6.00. The van der Waals surface area contributed by atoms with E-state index in [1.807, 2.05) is 51.4 Å². The van der Waals surface area contributed by atoms with Gasteiger partial charge in [0.15, 0.2) is 23.0 Å². The molecule has 32 heavy (non-hydrogen) atoms. The molecule has 0 radical (unpaired) electrons. The van der Waals surface area contributed by atoms with Crippen LogP contribution in [-0.4, -0.2) is 36.5 Å². The molecule has 160 valence electrons. The molecular formula is C24H21FN6O. The number of ether oxygens (including phenoxy) is 1. The average molecular weight is 428 g/mol. The van der Waals surface area contributed by atoms with Crippen molar-refractivity contribution in [2.24, 2.45) is 0 Å². The van der Waals surface area contributed by atoms with E-state index in [0.29, 0.717) is 16.9 Å². The SMILES string of the molecule is COc1cccc(-c2cc(C)nc3c(-c4cnc(-n5cccn5)cc4C)c(C)nn23)c1F. The minimum absolute atomic E-state index is 0.184. The molecule has 7 nitrogen and oxygen atoms in total. The highest BCUT2D eigenvalue weighted by Crippen LogP contribution is 2.34. The maximum Gasteiger partial charge on any atom is 0.174 e. The van der Waals surface area contributed by atoms with Crippen LogP contribution in [0.25, 0.3) is 33.8 Å². The van der Waals surface area contributed by atoms with E-state index in [0.717, 1.165) is 33.9 Å². The lowest BCUT2D eigenvalue weighted by atomic mass is 10.0. The van der Waals surface area contributed by atoms with Crippen LogP contribution in [0.3, 0.4) is 0 Å². The Labute approximate surface area is 184 Å². The van der Waals surface area contributed by atoms with Crippen LogP contribution in [-0.2, 0) is 0 Å². The zero-order valence-corrected chi connectivity index (χ0v) is 18.2. The third kappa shape index (κ3) is 3.11. The Hall–Kier alpha value is -4.07. The monoisotopic (exact) mass is 428 g/mol. The Morgan fingerprint density at radius 2 is 1.88 bits per heavy atom. The summed E-state index contributed by atoms with van der Waals surface area (Å²) in [6, 6.07) is 10.7. The first-order valence-electron chi connectivity index (χ1n) is 10.1. The summed E-state index contributed by atoms with van der Waals surface area (Å²) in [7, 11) is 1.45. The molecule has 0 spiro atoms. The maximum absolute atomic E-state index is 15.1. The van der Waals surface area contributed by atoms with Crippen LogP contribution in [0.15, 0.2) is 55.0 Å². The second kappa shape index (κ2) is 7.56. The Morgan fingerprint density at radius 3 is 2.59 bits per heavy atom. The summed E-state index contributed by atoms with van der Waals surface area (Å²) in [6.07, 6.45) is 5.38.